The summed E-state index contributed by atoms with van der Waals surface area (Å²) in [5.41, 5.74) is 2.75. The summed E-state index contributed by atoms with van der Waals surface area (Å²) in [6, 6.07) is 9.29. The number of guanidine groups is 1. The first kappa shape index (κ1) is 24.3. The molecule has 0 saturated carbocycles. The van der Waals surface area contributed by atoms with Gasteiger partial charge in [-0.25, -0.2) is 4.99 Å². The van der Waals surface area contributed by atoms with E-state index in [9.17, 15) is 13.2 Å². The van der Waals surface area contributed by atoms with Gasteiger partial charge in [0.1, 0.15) is 6.61 Å². The second kappa shape index (κ2) is 11.9. The number of benzene rings is 1. The van der Waals surface area contributed by atoms with E-state index in [1.165, 1.54) is 0 Å². The predicted octanol–water partition coefficient (Wildman–Crippen LogP) is 3.98. The molecule has 1 heterocycles. The summed E-state index contributed by atoms with van der Waals surface area (Å²) in [5.74, 6) is 0.681. The number of nitrogens with zero attached hydrogens (tertiary/aromatic N) is 2. The Labute approximate surface area is 180 Å². The number of ether oxygens (including phenoxy) is 1. The topological polar surface area (TPSA) is 50.6 Å². The van der Waals surface area contributed by atoms with E-state index in [1.54, 1.807) is 12.1 Å². The van der Waals surface area contributed by atoms with Crippen LogP contribution in [-0.4, -0.2) is 29.9 Å². The van der Waals surface area contributed by atoms with Crippen molar-refractivity contribution in [3.05, 3.63) is 59.4 Å². The van der Waals surface area contributed by atoms with Crippen molar-refractivity contribution in [2.24, 2.45) is 12.0 Å². The first-order valence-corrected chi connectivity index (χ1v) is 8.71. The van der Waals surface area contributed by atoms with Crippen molar-refractivity contribution in [3.8, 4) is 0 Å². The summed E-state index contributed by atoms with van der Waals surface area (Å²) >= 11 is 0. The van der Waals surface area contributed by atoms with Gasteiger partial charge < -0.3 is 19.9 Å². The van der Waals surface area contributed by atoms with Crippen molar-refractivity contribution in [1.82, 2.24) is 15.2 Å². The van der Waals surface area contributed by atoms with Crippen LogP contribution in [0.15, 0.2) is 47.7 Å². The number of nitrogens with one attached hydrogen (secondary N) is 2. The summed E-state index contributed by atoms with van der Waals surface area (Å²) in [7, 11) is 1.96. The van der Waals surface area contributed by atoms with Gasteiger partial charge in [0, 0.05) is 32.5 Å². The predicted molar refractivity (Wildman–Crippen MR) is 115 cm³/mol. The molecule has 0 fully saturated rings. The number of hydrogen-bond acceptors (Lipinski definition) is 2. The third-order valence-corrected chi connectivity index (χ3v) is 3.64. The van der Waals surface area contributed by atoms with Gasteiger partial charge in [0.05, 0.1) is 13.2 Å². The van der Waals surface area contributed by atoms with E-state index in [4.69, 9.17) is 4.74 Å². The Bertz CT molecular complexity index is 747. The lowest BCUT2D eigenvalue weighted by atomic mass is 10.1. The van der Waals surface area contributed by atoms with Crippen LogP contribution in [0.4, 0.5) is 13.2 Å². The van der Waals surface area contributed by atoms with Gasteiger partial charge in [-0.2, -0.15) is 13.2 Å². The lowest BCUT2D eigenvalue weighted by Gasteiger charge is -2.12. The molecular weight excluding hydrogens is 484 g/mol. The summed E-state index contributed by atoms with van der Waals surface area (Å²) in [6.07, 6.45) is -0.329. The molecule has 0 bridgehead atoms. The molecule has 0 amide bonds. The molecule has 0 aliphatic heterocycles. The molecule has 2 N–H and O–H groups in total. The second-order valence-electron chi connectivity index (χ2n) is 6.16. The second-order valence-corrected chi connectivity index (χ2v) is 6.16. The molecule has 0 unspecified atom stereocenters. The standard InChI is InChI=1S/C19H25F3N4O.HI/c1-3-23-18(25-11-17-7-8-26(2)12-17)24-10-15-5-4-6-16(9-15)13-27-14-19(20,21)22;/h4-9,12H,3,10-11,13-14H2,1-2H3,(H2,23,24,25);1H. The molecule has 0 aliphatic rings. The molecule has 0 atom stereocenters. The molecule has 1 aromatic carbocycles. The molecule has 5 nitrogen and oxygen atoms in total. The van der Waals surface area contributed by atoms with Gasteiger partial charge >= 0.3 is 6.18 Å². The highest BCUT2D eigenvalue weighted by atomic mass is 127. The van der Waals surface area contributed by atoms with Crippen LogP contribution in [0, 0.1) is 0 Å². The van der Waals surface area contributed by atoms with Crippen LogP contribution in [0.1, 0.15) is 23.6 Å². The lowest BCUT2D eigenvalue weighted by molar-refractivity contribution is -0.176. The molecule has 0 radical (unpaired) electrons. The SMILES string of the molecule is CCNC(=NCc1ccn(C)c1)NCc1cccc(COCC(F)(F)F)c1.I. The molecular formula is C19H26F3IN4O. The van der Waals surface area contributed by atoms with E-state index >= 15 is 0 Å². The van der Waals surface area contributed by atoms with Crippen LogP contribution >= 0.6 is 24.0 Å². The first-order valence-electron chi connectivity index (χ1n) is 8.71. The Balaban J connectivity index is 0.00000392. The minimum atomic E-state index is -4.31. The van der Waals surface area contributed by atoms with E-state index in [2.05, 4.69) is 15.6 Å². The molecule has 156 valence electrons. The third kappa shape index (κ3) is 9.45. The normalized spacial score (nSPS) is 11.8. The van der Waals surface area contributed by atoms with Gasteiger partial charge in [-0.1, -0.05) is 24.3 Å². The number of rotatable bonds is 8. The van der Waals surface area contributed by atoms with Gasteiger partial charge in [-0.15, -0.1) is 24.0 Å². The number of aromatic nitrogens is 1. The smallest absolute Gasteiger partial charge is 0.367 e. The zero-order valence-corrected chi connectivity index (χ0v) is 18.3. The number of halogens is 4. The van der Waals surface area contributed by atoms with Crippen LogP contribution in [0.25, 0.3) is 0 Å². The first-order chi connectivity index (χ1) is 12.9. The van der Waals surface area contributed by atoms with Gasteiger partial charge in [-0.3, -0.25) is 0 Å². The molecule has 2 rings (SSSR count). The summed E-state index contributed by atoms with van der Waals surface area (Å²) in [6.45, 7) is 2.46. The molecule has 0 saturated heterocycles. The number of alkyl halides is 3. The maximum Gasteiger partial charge on any atom is 0.411 e. The third-order valence-electron chi connectivity index (χ3n) is 3.64. The van der Waals surface area contributed by atoms with Crippen LogP contribution in [0.5, 0.6) is 0 Å². The molecule has 9 heteroatoms. The number of hydrogen-bond donors (Lipinski definition) is 2. The zero-order chi connectivity index (χ0) is 19.7. The van der Waals surface area contributed by atoms with E-state index in [1.807, 2.05) is 49.1 Å². The summed E-state index contributed by atoms with van der Waals surface area (Å²) in [5, 5.41) is 6.41. The Hall–Kier alpha value is -1.75. The minimum absolute atomic E-state index is 0. The van der Waals surface area contributed by atoms with E-state index in [0.29, 0.717) is 24.6 Å². The molecule has 2 aromatic rings. The lowest BCUT2D eigenvalue weighted by Crippen LogP contribution is -2.36. The van der Waals surface area contributed by atoms with E-state index in [0.717, 1.165) is 17.7 Å². The van der Waals surface area contributed by atoms with Gasteiger partial charge in [0.15, 0.2) is 5.96 Å². The van der Waals surface area contributed by atoms with Crippen LogP contribution in [0.2, 0.25) is 0 Å². The van der Waals surface area contributed by atoms with Crippen molar-refractivity contribution >= 4 is 29.9 Å². The Morgan fingerprint density at radius 3 is 2.54 bits per heavy atom. The molecule has 0 aliphatic carbocycles. The van der Waals surface area contributed by atoms with Crippen molar-refractivity contribution in [3.63, 3.8) is 0 Å². The van der Waals surface area contributed by atoms with Gasteiger partial charge in [-0.05, 0) is 29.7 Å². The maximum absolute atomic E-state index is 12.2. The summed E-state index contributed by atoms with van der Waals surface area (Å²) < 4.78 is 43.2. The van der Waals surface area contributed by atoms with Crippen molar-refractivity contribution in [2.45, 2.75) is 32.8 Å². The van der Waals surface area contributed by atoms with Crippen molar-refractivity contribution in [2.75, 3.05) is 13.2 Å². The highest BCUT2D eigenvalue weighted by Gasteiger charge is 2.27. The van der Waals surface area contributed by atoms with E-state index < -0.39 is 12.8 Å². The molecule has 28 heavy (non-hydrogen) atoms. The monoisotopic (exact) mass is 510 g/mol. The Morgan fingerprint density at radius 2 is 1.89 bits per heavy atom. The highest BCUT2D eigenvalue weighted by Crippen LogP contribution is 2.16. The fraction of sp³-hybridized carbons (Fsp3) is 0.421. The molecule has 0 spiro atoms. The van der Waals surface area contributed by atoms with Crippen LogP contribution < -0.4 is 10.6 Å². The fourth-order valence-electron chi connectivity index (χ4n) is 2.47. The highest BCUT2D eigenvalue weighted by molar-refractivity contribution is 14.0. The minimum Gasteiger partial charge on any atom is -0.367 e. The van der Waals surface area contributed by atoms with Crippen LogP contribution in [-0.2, 0) is 31.5 Å². The van der Waals surface area contributed by atoms with Gasteiger partial charge in [0.25, 0.3) is 0 Å². The fourth-order valence-corrected chi connectivity index (χ4v) is 2.47. The van der Waals surface area contributed by atoms with Crippen LogP contribution in [0.3, 0.4) is 0 Å². The average molecular weight is 510 g/mol. The Kier molecular flexibility index (Phi) is 10.4. The van der Waals surface area contributed by atoms with Gasteiger partial charge in [0.2, 0.25) is 0 Å². The summed E-state index contributed by atoms with van der Waals surface area (Å²) in [4.78, 5) is 4.54. The van der Waals surface area contributed by atoms with Crippen molar-refractivity contribution in [1.29, 1.82) is 0 Å². The quantitative estimate of drug-likeness (QED) is 0.321. The maximum atomic E-state index is 12.2. The Morgan fingerprint density at radius 1 is 1.14 bits per heavy atom. The number of aryl methyl sites for hydroxylation is 1. The molecule has 1 aromatic heterocycles. The zero-order valence-electron chi connectivity index (χ0n) is 15.9. The number of aliphatic imine (C=N–C) groups is 1. The van der Waals surface area contributed by atoms with E-state index in [-0.39, 0.29) is 30.6 Å². The van der Waals surface area contributed by atoms with Crippen molar-refractivity contribution < 1.29 is 17.9 Å². The average Bonchev–Trinajstić information content (AvgIpc) is 3.02. The largest absolute Gasteiger partial charge is 0.411 e.